The second-order valence-electron chi connectivity index (χ2n) is 6.06. The van der Waals surface area contributed by atoms with E-state index in [0.717, 1.165) is 22.6 Å². The van der Waals surface area contributed by atoms with Crippen LogP contribution in [0.15, 0.2) is 71.8 Å². The lowest BCUT2D eigenvalue weighted by Gasteiger charge is -2.02. The van der Waals surface area contributed by atoms with Crippen molar-refractivity contribution >= 4 is 24.5 Å². The predicted molar refractivity (Wildman–Crippen MR) is 116 cm³/mol. The number of benzene rings is 2. The first-order chi connectivity index (χ1) is 14.3. The summed E-state index contributed by atoms with van der Waals surface area (Å²) in [7, 11) is 1.64. The molecule has 0 aliphatic heterocycles. The van der Waals surface area contributed by atoms with Gasteiger partial charge in [-0.25, -0.2) is 5.10 Å². The molecule has 4 rings (SSSR count). The van der Waals surface area contributed by atoms with Gasteiger partial charge in [-0.2, -0.15) is 20.0 Å². The summed E-state index contributed by atoms with van der Waals surface area (Å²) in [5.74, 6) is 1.34. The molecule has 0 bridgehead atoms. The third-order valence-corrected chi connectivity index (χ3v) is 4.49. The van der Waals surface area contributed by atoms with Gasteiger partial charge in [0.25, 0.3) is 0 Å². The zero-order valence-electron chi connectivity index (χ0n) is 15.6. The van der Waals surface area contributed by atoms with Gasteiger partial charge in [0.15, 0.2) is 0 Å². The highest BCUT2D eigenvalue weighted by Crippen LogP contribution is 2.22. The molecule has 0 unspecified atom stereocenters. The zero-order valence-corrected chi connectivity index (χ0v) is 16.4. The van der Waals surface area contributed by atoms with Crippen LogP contribution in [0.2, 0.25) is 0 Å². The van der Waals surface area contributed by atoms with Gasteiger partial charge >= 0.3 is 0 Å². The Morgan fingerprint density at radius 1 is 1.03 bits per heavy atom. The second-order valence-corrected chi connectivity index (χ2v) is 6.45. The van der Waals surface area contributed by atoms with Crippen molar-refractivity contribution < 1.29 is 4.74 Å². The molecule has 0 saturated carbocycles. The summed E-state index contributed by atoms with van der Waals surface area (Å²) >= 11 is 5.31. The minimum absolute atomic E-state index is 0.387. The van der Waals surface area contributed by atoms with Gasteiger partial charge in [0, 0.05) is 17.3 Å². The van der Waals surface area contributed by atoms with Crippen LogP contribution in [0.4, 0.5) is 0 Å². The summed E-state index contributed by atoms with van der Waals surface area (Å²) in [5.41, 5.74) is 3.50. The molecule has 0 spiro atoms. The van der Waals surface area contributed by atoms with Crippen molar-refractivity contribution in [3.05, 3.63) is 77.1 Å². The highest BCUT2D eigenvalue weighted by molar-refractivity contribution is 7.71. The lowest BCUT2D eigenvalue weighted by molar-refractivity contribution is 0.414. The van der Waals surface area contributed by atoms with Gasteiger partial charge < -0.3 is 4.74 Å². The molecule has 7 nitrogen and oxygen atoms in total. The molecular weight excluding hydrogens is 384 g/mol. The fourth-order valence-electron chi connectivity index (χ4n) is 2.82. The Hall–Kier alpha value is -3.78. The molecule has 0 aliphatic rings. The number of hydrogen-bond donors (Lipinski definition) is 2. The highest BCUT2D eigenvalue weighted by Gasteiger charge is 2.12. The maximum atomic E-state index is 5.34. The third-order valence-electron chi connectivity index (χ3n) is 4.22. The van der Waals surface area contributed by atoms with E-state index in [-0.39, 0.29) is 0 Å². The lowest BCUT2D eigenvalue weighted by atomic mass is 10.1. The molecule has 2 aromatic carbocycles. The number of aromatic nitrogens is 5. The van der Waals surface area contributed by atoms with E-state index in [1.807, 2.05) is 72.8 Å². The molecule has 0 aliphatic carbocycles. The first kappa shape index (κ1) is 18.6. The summed E-state index contributed by atoms with van der Waals surface area (Å²) in [6.07, 6.45) is 5.38. The predicted octanol–water partition coefficient (Wildman–Crippen LogP) is 4.55. The maximum absolute atomic E-state index is 5.34. The van der Waals surface area contributed by atoms with Crippen LogP contribution in [0.1, 0.15) is 5.56 Å². The largest absolute Gasteiger partial charge is 0.496 e. The molecule has 4 aromatic rings. The van der Waals surface area contributed by atoms with Crippen LogP contribution in [-0.2, 0) is 0 Å². The van der Waals surface area contributed by atoms with Crippen LogP contribution in [0.25, 0.3) is 28.9 Å². The van der Waals surface area contributed by atoms with Gasteiger partial charge in [0.1, 0.15) is 11.4 Å². The van der Waals surface area contributed by atoms with Gasteiger partial charge in [-0.1, -0.05) is 48.5 Å². The van der Waals surface area contributed by atoms with Crippen molar-refractivity contribution in [1.29, 1.82) is 0 Å². The van der Waals surface area contributed by atoms with Crippen molar-refractivity contribution in [1.82, 2.24) is 25.1 Å². The van der Waals surface area contributed by atoms with E-state index in [2.05, 4.69) is 25.5 Å². The molecule has 2 heterocycles. The van der Waals surface area contributed by atoms with Crippen LogP contribution in [0, 0.1) is 4.77 Å². The minimum Gasteiger partial charge on any atom is -0.496 e. The van der Waals surface area contributed by atoms with Crippen LogP contribution in [0.5, 0.6) is 5.75 Å². The van der Waals surface area contributed by atoms with E-state index in [1.165, 1.54) is 0 Å². The average Bonchev–Trinajstić information content (AvgIpc) is 3.39. The summed E-state index contributed by atoms with van der Waals surface area (Å²) in [5, 5.41) is 18.8. The fraction of sp³-hybridized carbons (Fsp3) is 0.0476. The summed E-state index contributed by atoms with van der Waals surface area (Å²) in [6, 6.07) is 19.6. The van der Waals surface area contributed by atoms with Crippen molar-refractivity contribution in [3.8, 4) is 28.5 Å². The van der Waals surface area contributed by atoms with Crippen LogP contribution in [0.3, 0.4) is 0 Å². The Balaban J connectivity index is 1.58. The fourth-order valence-corrected chi connectivity index (χ4v) is 3.00. The molecule has 2 aromatic heterocycles. The van der Waals surface area contributed by atoms with E-state index in [1.54, 1.807) is 18.0 Å². The molecule has 29 heavy (non-hydrogen) atoms. The second kappa shape index (κ2) is 8.49. The number of aromatic amines is 2. The van der Waals surface area contributed by atoms with E-state index in [0.29, 0.717) is 16.3 Å². The molecule has 8 heteroatoms. The molecule has 0 amide bonds. The monoisotopic (exact) mass is 402 g/mol. The number of para-hydroxylation sites is 1. The van der Waals surface area contributed by atoms with Gasteiger partial charge in [-0.05, 0) is 36.5 Å². The first-order valence-electron chi connectivity index (χ1n) is 8.89. The number of ether oxygens (including phenoxy) is 1. The average molecular weight is 402 g/mol. The molecular formula is C21H18N6OS. The topological polar surface area (TPSA) is 83.9 Å². The molecule has 2 N–H and O–H groups in total. The normalized spacial score (nSPS) is 11.5. The number of allylic oxidation sites excluding steroid dienone is 1. The zero-order chi connectivity index (χ0) is 20.1. The molecule has 0 fully saturated rings. The van der Waals surface area contributed by atoms with E-state index < -0.39 is 0 Å². The Morgan fingerprint density at radius 3 is 2.66 bits per heavy atom. The maximum Gasteiger partial charge on any atom is 0.216 e. The summed E-state index contributed by atoms with van der Waals surface area (Å²) in [4.78, 5) is 0. The van der Waals surface area contributed by atoms with Crippen molar-refractivity contribution in [2.24, 2.45) is 5.10 Å². The quantitative estimate of drug-likeness (QED) is 0.366. The van der Waals surface area contributed by atoms with E-state index in [9.17, 15) is 0 Å². The number of methoxy groups -OCH3 is 1. The standard InChI is InChI=1S/C21H18N6OS/c1-28-19-12-6-5-10-16(19)11-7-13-22-27-20(25-26-21(27)29)18-14-17(23-24-18)15-8-3-2-4-9-15/h2-14H,1H3,(H,23,24)(H,26,29)/b11-7+,22-13+. The number of rotatable bonds is 6. The Morgan fingerprint density at radius 2 is 1.83 bits per heavy atom. The number of nitrogens with one attached hydrogen (secondary N) is 2. The smallest absolute Gasteiger partial charge is 0.216 e. The summed E-state index contributed by atoms with van der Waals surface area (Å²) in [6.45, 7) is 0. The summed E-state index contributed by atoms with van der Waals surface area (Å²) < 4.78 is 7.27. The van der Waals surface area contributed by atoms with Crippen LogP contribution >= 0.6 is 12.2 Å². The Bertz CT molecular complexity index is 1220. The highest BCUT2D eigenvalue weighted by atomic mass is 32.1. The molecule has 144 valence electrons. The number of nitrogens with zero attached hydrogens (tertiary/aromatic N) is 4. The van der Waals surface area contributed by atoms with Crippen molar-refractivity contribution in [2.45, 2.75) is 0 Å². The minimum atomic E-state index is 0.387. The molecule has 0 saturated heterocycles. The Labute approximate surface area is 172 Å². The van der Waals surface area contributed by atoms with E-state index >= 15 is 0 Å². The lowest BCUT2D eigenvalue weighted by Crippen LogP contribution is -1.94. The SMILES string of the molecule is COc1ccccc1/C=C/C=N/n1c(-c2cc(-c3ccccc3)n[nH]2)n[nH]c1=S. The molecule has 0 radical (unpaired) electrons. The van der Waals surface area contributed by atoms with Crippen molar-refractivity contribution in [3.63, 3.8) is 0 Å². The Kier molecular flexibility index (Phi) is 5.44. The van der Waals surface area contributed by atoms with Crippen molar-refractivity contribution in [2.75, 3.05) is 7.11 Å². The van der Waals surface area contributed by atoms with Gasteiger partial charge in [-0.15, -0.1) is 0 Å². The first-order valence-corrected chi connectivity index (χ1v) is 9.30. The van der Waals surface area contributed by atoms with Gasteiger partial charge in [0.2, 0.25) is 10.6 Å². The van der Waals surface area contributed by atoms with Crippen LogP contribution in [-0.4, -0.2) is 38.4 Å². The van der Waals surface area contributed by atoms with Gasteiger partial charge in [0.05, 0.1) is 12.8 Å². The number of H-pyrrole nitrogens is 2. The third kappa shape index (κ3) is 4.07. The molecule has 0 atom stereocenters. The van der Waals surface area contributed by atoms with E-state index in [4.69, 9.17) is 17.0 Å². The number of hydrogen-bond acceptors (Lipinski definition) is 5. The van der Waals surface area contributed by atoms with Crippen LogP contribution < -0.4 is 4.74 Å². The van der Waals surface area contributed by atoms with Gasteiger partial charge in [-0.3, -0.25) is 5.10 Å².